The van der Waals surface area contributed by atoms with Crippen LogP contribution in [0.5, 0.6) is 0 Å². The first-order chi connectivity index (χ1) is 6.86. The number of hydrogen-bond acceptors (Lipinski definition) is 3. The van der Waals surface area contributed by atoms with Gasteiger partial charge in [0.15, 0.2) is 0 Å². The average Bonchev–Trinajstić information content (AvgIpc) is 2.72. The topological polar surface area (TPSA) is 53.6 Å². The highest BCUT2D eigenvalue weighted by Gasteiger charge is 2.06. The molecule has 72 valence electrons. The van der Waals surface area contributed by atoms with Crippen LogP contribution < -0.4 is 5.32 Å². The van der Waals surface area contributed by atoms with E-state index in [2.05, 4.69) is 20.3 Å². The van der Waals surface area contributed by atoms with Gasteiger partial charge in [-0.25, -0.2) is 9.97 Å². The highest BCUT2D eigenvalue weighted by atomic mass is 15.1. The molecule has 0 fully saturated rings. The summed E-state index contributed by atoms with van der Waals surface area (Å²) >= 11 is 0. The molecule has 0 aliphatic carbocycles. The summed E-state index contributed by atoms with van der Waals surface area (Å²) in [4.78, 5) is 11.4. The van der Waals surface area contributed by atoms with Crippen molar-refractivity contribution in [3.63, 3.8) is 0 Å². The fourth-order valence-electron chi connectivity index (χ4n) is 1.25. The number of nitrogens with zero attached hydrogens (tertiary/aromatic N) is 2. The van der Waals surface area contributed by atoms with Crippen LogP contribution in [0.1, 0.15) is 18.8 Å². The van der Waals surface area contributed by atoms with Gasteiger partial charge in [0, 0.05) is 18.6 Å². The van der Waals surface area contributed by atoms with Gasteiger partial charge in [0.25, 0.3) is 0 Å². The number of nitrogens with one attached hydrogen (secondary N) is 2. The molecule has 0 aliphatic heterocycles. The zero-order valence-electron chi connectivity index (χ0n) is 7.94. The van der Waals surface area contributed by atoms with Crippen LogP contribution in [-0.4, -0.2) is 15.0 Å². The Bertz CT molecular complexity index is 368. The first-order valence-electron chi connectivity index (χ1n) is 4.53. The lowest BCUT2D eigenvalue weighted by Crippen LogP contribution is -2.09. The van der Waals surface area contributed by atoms with Crippen LogP contribution >= 0.6 is 0 Å². The summed E-state index contributed by atoms with van der Waals surface area (Å²) in [5.41, 5.74) is 0. The van der Waals surface area contributed by atoms with Gasteiger partial charge in [0.05, 0.1) is 6.04 Å². The van der Waals surface area contributed by atoms with Crippen LogP contribution in [0.15, 0.2) is 36.8 Å². The maximum absolute atomic E-state index is 4.18. The maximum atomic E-state index is 4.18. The van der Waals surface area contributed by atoms with Gasteiger partial charge >= 0.3 is 0 Å². The largest absolute Gasteiger partial charge is 0.360 e. The number of imidazole rings is 1. The van der Waals surface area contributed by atoms with E-state index in [0.29, 0.717) is 0 Å². The molecule has 1 atom stereocenters. The minimum atomic E-state index is 0.139. The Morgan fingerprint density at radius 2 is 2.21 bits per heavy atom. The predicted molar refractivity (Wildman–Crippen MR) is 54.9 cm³/mol. The molecule has 0 amide bonds. The Hall–Kier alpha value is -1.84. The minimum Gasteiger partial charge on any atom is -0.360 e. The van der Waals surface area contributed by atoms with Gasteiger partial charge in [0.1, 0.15) is 11.6 Å². The molecular formula is C10H12N4. The average molecular weight is 188 g/mol. The van der Waals surface area contributed by atoms with E-state index in [4.69, 9.17) is 0 Å². The first kappa shape index (κ1) is 8.74. The van der Waals surface area contributed by atoms with E-state index in [1.165, 1.54) is 0 Å². The summed E-state index contributed by atoms with van der Waals surface area (Å²) in [6.07, 6.45) is 5.31. The molecule has 0 aromatic carbocycles. The van der Waals surface area contributed by atoms with E-state index >= 15 is 0 Å². The molecule has 4 heteroatoms. The lowest BCUT2D eigenvalue weighted by Gasteiger charge is -2.11. The van der Waals surface area contributed by atoms with Gasteiger partial charge in [0.2, 0.25) is 0 Å². The third kappa shape index (κ3) is 1.90. The van der Waals surface area contributed by atoms with Crippen LogP contribution in [-0.2, 0) is 0 Å². The normalized spacial score (nSPS) is 12.4. The number of aromatic amines is 1. The summed E-state index contributed by atoms with van der Waals surface area (Å²) in [6, 6.07) is 5.91. The summed E-state index contributed by atoms with van der Waals surface area (Å²) in [5, 5.41) is 3.24. The van der Waals surface area contributed by atoms with E-state index in [0.717, 1.165) is 11.6 Å². The molecule has 2 rings (SSSR count). The van der Waals surface area contributed by atoms with Crippen molar-refractivity contribution >= 4 is 5.82 Å². The third-order valence-electron chi connectivity index (χ3n) is 1.96. The molecule has 0 bridgehead atoms. The maximum Gasteiger partial charge on any atom is 0.128 e. The fraction of sp³-hybridized carbons (Fsp3) is 0.200. The van der Waals surface area contributed by atoms with Crippen molar-refractivity contribution in [3.05, 3.63) is 42.6 Å². The third-order valence-corrected chi connectivity index (χ3v) is 1.96. The van der Waals surface area contributed by atoms with Crippen molar-refractivity contribution in [2.24, 2.45) is 0 Å². The number of hydrogen-bond donors (Lipinski definition) is 2. The molecule has 0 radical (unpaired) electrons. The van der Waals surface area contributed by atoms with Crippen molar-refractivity contribution in [1.82, 2.24) is 15.0 Å². The van der Waals surface area contributed by atoms with Gasteiger partial charge in [-0.05, 0) is 19.1 Å². The Balaban J connectivity index is 2.06. The number of H-pyrrole nitrogens is 1. The lowest BCUT2D eigenvalue weighted by molar-refractivity contribution is 0.804. The van der Waals surface area contributed by atoms with E-state index < -0.39 is 0 Å². The molecule has 2 aromatic rings. The van der Waals surface area contributed by atoms with Gasteiger partial charge in [-0.2, -0.15) is 0 Å². The quantitative estimate of drug-likeness (QED) is 0.774. The molecule has 2 N–H and O–H groups in total. The molecule has 4 nitrogen and oxygen atoms in total. The van der Waals surface area contributed by atoms with Gasteiger partial charge < -0.3 is 10.3 Å². The van der Waals surface area contributed by atoms with Crippen molar-refractivity contribution < 1.29 is 0 Å². The Morgan fingerprint density at radius 1 is 1.29 bits per heavy atom. The SMILES string of the molecule is CC(Nc1ccccn1)c1ncc[nH]1. The van der Waals surface area contributed by atoms with Gasteiger partial charge in [-0.15, -0.1) is 0 Å². The van der Waals surface area contributed by atoms with Crippen molar-refractivity contribution in [3.8, 4) is 0 Å². The number of rotatable bonds is 3. The Labute approximate surface area is 82.4 Å². The van der Waals surface area contributed by atoms with E-state index in [1.807, 2.05) is 31.3 Å². The van der Waals surface area contributed by atoms with E-state index in [-0.39, 0.29) is 6.04 Å². The smallest absolute Gasteiger partial charge is 0.128 e. The zero-order valence-corrected chi connectivity index (χ0v) is 7.94. The fourth-order valence-corrected chi connectivity index (χ4v) is 1.25. The predicted octanol–water partition coefficient (Wildman–Crippen LogP) is 1.98. The van der Waals surface area contributed by atoms with Crippen molar-refractivity contribution in [2.45, 2.75) is 13.0 Å². The number of anilines is 1. The molecule has 2 aromatic heterocycles. The second kappa shape index (κ2) is 3.91. The molecule has 0 saturated heterocycles. The van der Waals surface area contributed by atoms with Crippen LogP contribution in [0.4, 0.5) is 5.82 Å². The van der Waals surface area contributed by atoms with E-state index in [1.54, 1.807) is 12.4 Å². The van der Waals surface area contributed by atoms with Gasteiger partial charge in [-0.3, -0.25) is 0 Å². The highest BCUT2D eigenvalue weighted by molar-refractivity contribution is 5.35. The Kier molecular flexibility index (Phi) is 2.44. The molecule has 0 spiro atoms. The summed E-state index contributed by atoms with van der Waals surface area (Å²) in [6.45, 7) is 2.04. The Morgan fingerprint density at radius 3 is 2.86 bits per heavy atom. The summed E-state index contributed by atoms with van der Waals surface area (Å²) in [5.74, 6) is 1.77. The first-order valence-corrected chi connectivity index (χ1v) is 4.53. The van der Waals surface area contributed by atoms with E-state index in [9.17, 15) is 0 Å². The standard InChI is InChI=1S/C10H12N4/c1-8(10-12-6-7-13-10)14-9-4-2-3-5-11-9/h2-8H,1H3,(H,11,14)(H,12,13). The minimum absolute atomic E-state index is 0.139. The van der Waals surface area contributed by atoms with Crippen LogP contribution in [0.3, 0.4) is 0 Å². The summed E-state index contributed by atoms with van der Waals surface area (Å²) in [7, 11) is 0. The molecule has 0 saturated carbocycles. The van der Waals surface area contributed by atoms with Crippen LogP contribution in [0.2, 0.25) is 0 Å². The van der Waals surface area contributed by atoms with Gasteiger partial charge in [-0.1, -0.05) is 6.07 Å². The molecular weight excluding hydrogens is 176 g/mol. The summed E-state index contributed by atoms with van der Waals surface area (Å²) < 4.78 is 0. The molecule has 14 heavy (non-hydrogen) atoms. The number of aromatic nitrogens is 3. The lowest BCUT2D eigenvalue weighted by atomic mass is 10.3. The van der Waals surface area contributed by atoms with Crippen LogP contribution in [0, 0.1) is 0 Å². The van der Waals surface area contributed by atoms with Crippen LogP contribution in [0.25, 0.3) is 0 Å². The molecule has 1 unspecified atom stereocenters. The second-order valence-electron chi connectivity index (χ2n) is 3.06. The van der Waals surface area contributed by atoms with Crippen molar-refractivity contribution in [2.75, 3.05) is 5.32 Å². The molecule has 0 aliphatic rings. The monoisotopic (exact) mass is 188 g/mol. The second-order valence-corrected chi connectivity index (χ2v) is 3.06. The highest BCUT2D eigenvalue weighted by Crippen LogP contribution is 2.12. The van der Waals surface area contributed by atoms with Crippen molar-refractivity contribution in [1.29, 1.82) is 0 Å². The number of pyridine rings is 1. The molecule has 2 heterocycles. The zero-order chi connectivity index (χ0) is 9.80.